The number of hydrogen-bond acceptors (Lipinski definition) is 2. The Hall–Kier alpha value is 0.920. The van der Waals surface area contributed by atoms with Crippen LogP contribution < -0.4 is 0 Å². The molecule has 0 saturated heterocycles. The number of rotatable bonds is 4. The van der Waals surface area contributed by atoms with Gasteiger partial charge >= 0.3 is 0 Å². The molecule has 0 atom stereocenters. The highest BCUT2D eigenvalue weighted by Crippen LogP contribution is 2.54. The molecule has 0 heterocycles. The molecule has 5 heteroatoms. The van der Waals surface area contributed by atoms with Gasteiger partial charge in [-0.05, 0) is 24.6 Å². The van der Waals surface area contributed by atoms with Crippen molar-refractivity contribution in [3.8, 4) is 0 Å². The van der Waals surface area contributed by atoms with Crippen molar-refractivity contribution in [1.82, 2.24) is 0 Å². The van der Waals surface area contributed by atoms with E-state index in [0.717, 1.165) is 24.2 Å². The second-order valence-corrected chi connectivity index (χ2v) is 8.27. The van der Waals surface area contributed by atoms with Crippen LogP contribution in [-0.4, -0.2) is 15.0 Å². The Labute approximate surface area is 71.0 Å². The van der Waals surface area contributed by atoms with E-state index in [1.54, 1.807) is 0 Å². The summed E-state index contributed by atoms with van der Waals surface area (Å²) in [5.41, 5.74) is -3.00. The first-order chi connectivity index (χ1) is 4.49. The minimum Gasteiger partial charge on any atom is -0.338 e. The Morgan fingerprint density at radius 2 is 1.80 bits per heavy atom. The molecule has 0 aliphatic rings. The van der Waals surface area contributed by atoms with Gasteiger partial charge in [-0.2, -0.15) is 0 Å². The van der Waals surface area contributed by atoms with Crippen LogP contribution in [0.2, 0.25) is 0 Å². The summed E-state index contributed by atoms with van der Waals surface area (Å²) >= 11 is 5.62. The van der Waals surface area contributed by atoms with Gasteiger partial charge in [-0.25, -0.2) is 0 Å². The Kier molecular flexibility index (Phi) is 5.16. The second kappa shape index (κ2) is 4.73. The summed E-state index contributed by atoms with van der Waals surface area (Å²) < 4.78 is 0. The summed E-state index contributed by atoms with van der Waals surface area (Å²) in [6.07, 6.45) is 1.89. The maximum Gasteiger partial charge on any atom is 0.242 e. The Balaban J connectivity index is 3.75. The number of hydrogen-bond donors (Lipinski definition) is 2. The quantitative estimate of drug-likeness (QED) is 0.682. The van der Waals surface area contributed by atoms with Gasteiger partial charge in [0, 0.05) is 5.25 Å². The van der Waals surface area contributed by atoms with Crippen LogP contribution in [0.1, 0.15) is 26.7 Å². The van der Waals surface area contributed by atoms with Crippen molar-refractivity contribution >= 4 is 28.9 Å². The Bertz CT molecular complexity index is 130. The largest absolute Gasteiger partial charge is 0.338 e. The SMILES string of the molecule is CCC(CC)SP(O)(O)=S. The molecule has 0 rings (SSSR count). The van der Waals surface area contributed by atoms with Crippen LogP contribution in [0, 0.1) is 0 Å². The third-order valence-corrected chi connectivity index (χ3v) is 4.93. The molecule has 0 aromatic rings. The average Bonchev–Trinajstić information content (AvgIpc) is 1.81. The van der Waals surface area contributed by atoms with E-state index in [1.807, 2.05) is 13.8 Å². The molecule has 0 aromatic carbocycles. The zero-order chi connectivity index (χ0) is 8.20. The van der Waals surface area contributed by atoms with Crippen LogP contribution in [0.15, 0.2) is 0 Å². The van der Waals surface area contributed by atoms with Gasteiger partial charge in [0.05, 0.1) is 0 Å². The van der Waals surface area contributed by atoms with Gasteiger partial charge in [-0.15, -0.1) is 0 Å². The summed E-state index contributed by atoms with van der Waals surface area (Å²) in [7, 11) is 0. The highest BCUT2D eigenvalue weighted by atomic mass is 32.9. The van der Waals surface area contributed by atoms with Gasteiger partial charge in [-0.1, -0.05) is 25.2 Å². The summed E-state index contributed by atoms with van der Waals surface area (Å²) in [4.78, 5) is 17.8. The molecule has 0 fully saturated rings. The minimum absolute atomic E-state index is 0.306. The lowest BCUT2D eigenvalue weighted by Crippen LogP contribution is -1.96. The Morgan fingerprint density at radius 3 is 1.90 bits per heavy atom. The lowest BCUT2D eigenvalue weighted by molar-refractivity contribution is 0.501. The fourth-order valence-corrected chi connectivity index (χ4v) is 4.47. The maximum atomic E-state index is 8.89. The van der Waals surface area contributed by atoms with Crippen molar-refractivity contribution in [3.63, 3.8) is 0 Å². The highest BCUT2D eigenvalue weighted by Gasteiger charge is 2.14. The lowest BCUT2D eigenvalue weighted by Gasteiger charge is -2.14. The van der Waals surface area contributed by atoms with E-state index < -0.39 is 5.69 Å². The molecule has 2 nitrogen and oxygen atoms in total. The van der Waals surface area contributed by atoms with E-state index in [9.17, 15) is 0 Å². The predicted octanol–water partition coefficient (Wildman–Crippen LogP) is 2.12. The van der Waals surface area contributed by atoms with E-state index in [-0.39, 0.29) is 0 Å². The van der Waals surface area contributed by atoms with Crippen LogP contribution in [-0.2, 0) is 11.8 Å². The molecule has 10 heavy (non-hydrogen) atoms. The third-order valence-electron chi connectivity index (χ3n) is 1.20. The molecule has 0 aromatic heterocycles. The summed E-state index contributed by atoms with van der Waals surface area (Å²) in [5.74, 6) is 0. The summed E-state index contributed by atoms with van der Waals surface area (Å²) in [6.45, 7) is 4.04. The van der Waals surface area contributed by atoms with Crippen molar-refractivity contribution < 1.29 is 9.79 Å². The first kappa shape index (κ1) is 10.9. The maximum absolute atomic E-state index is 8.89. The van der Waals surface area contributed by atoms with E-state index >= 15 is 0 Å². The average molecular weight is 200 g/mol. The zero-order valence-corrected chi connectivity index (χ0v) is 8.68. The van der Waals surface area contributed by atoms with Gasteiger partial charge in [-0.3, -0.25) is 0 Å². The first-order valence-corrected chi connectivity index (χ1v) is 7.42. The van der Waals surface area contributed by atoms with Gasteiger partial charge < -0.3 is 9.79 Å². The molecule has 0 saturated carbocycles. The first-order valence-electron chi connectivity index (χ1n) is 3.23. The zero-order valence-electron chi connectivity index (χ0n) is 6.15. The molecule has 0 radical (unpaired) electrons. The van der Waals surface area contributed by atoms with Crippen molar-refractivity contribution in [2.24, 2.45) is 0 Å². The van der Waals surface area contributed by atoms with Gasteiger partial charge in [0.1, 0.15) is 0 Å². The molecule has 0 bridgehead atoms. The summed E-state index contributed by atoms with van der Waals surface area (Å²) in [5, 5.41) is 0.306. The van der Waals surface area contributed by atoms with Gasteiger partial charge in [0.2, 0.25) is 5.69 Å². The van der Waals surface area contributed by atoms with Gasteiger partial charge in [0.25, 0.3) is 0 Å². The summed E-state index contributed by atoms with van der Waals surface area (Å²) in [6, 6.07) is 0. The standard InChI is InChI=1S/C5H13O2PS2/c1-3-5(4-2)10-8(6,7)9/h5H,3-4H2,1-2H3,(H2,6,7,9). The third kappa shape index (κ3) is 5.69. The molecule has 62 valence electrons. The van der Waals surface area contributed by atoms with Crippen LogP contribution in [0.4, 0.5) is 0 Å². The second-order valence-electron chi connectivity index (χ2n) is 2.03. The molecule has 0 spiro atoms. The fourth-order valence-electron chi connectivity index (χ4n) is 0.632. The molecular weight excluding hydrogens is 187 g/mol. The van der Waals surface area contributed by atoms with Crippen molar-refractivity contribution in [1.29, 1.82) is 0 Å². The van der Waals surface area contributed by atoms with Crippen LogP contribution in [0.25, 0.3) is 0 Å². The topological polar surface area (TPSA) is 40.5 Å². The normalized spacial score (nSPS) is 12.5. The van der Waals surface area contributed by atoms with Crippen LogP contribution in [0.3, 0.4) is 0 Å². The smallest absolute Gasteiger partial charge is 0.242 e. The minimum atomic E-state index is -3.00. The van der Waals surface area contributed by atoms with Crippen LogP contribution >= 0.6 is 17.1 Å². The molecule has 0 aliphatic heterocycles. The molecule has 0 amide bonds. The lowest BCUT2D eigenvalue weighted by atomic mass is 10.3. The van der Waals surface area contributed by atoms with E-state index in [1.165, 1.54) is 0 Å². The molecule has 0 unspecified atom stereocenters. The van der Waals surface area contributed by atoms with E-state index in [2.05, 4.69) is 11.8 Å². The van der Waals surface area contributed by atoms with Crippen molar-refractivity contribution in [2.45, 2.75) is 31.9 Å². The fraction of sp³-hybridized carbons (Fsp3) is 1.00. The van der Waals surface area contributed by atoms with Crippen molar-refractivity contribution in [2.75, 3.05) is 0 Å². The van der Waals surface area contributed by atoms with Crippen molar-refractivity contribution in [3.05, 3.63) is 0 Å². The molecular formula is C5H13O2PS2. The molecule has 2 N–H and O–H groups in total. The van der Waals surface area contributed by atoms with E-state index in [0.29, 0.717) is 5.25 Å². The Morgan fingerprint density at radius 1 is 1.40 bits per heavy atom. The van der Waals surface area contributed by atoms with E-state index in [4.69, 9.17) is 9.79 Å². The highest BCUT2D eigenvalue weighted by molar-refractivity contribution is 8.67. The predicted molar refractivity (Wildman–Crippen MR) is 50.7 cm³/mol. The monoisotopic (exact) mass is 200 g/mol. The van der Waals surface area contributed by atoms with Gasteiger partial charge in [0.15, 0.2) is 0 Å². The molecule has 0 aliphatic carbocycles. The van der Waals surface area contributed by atoms with Crippen LogP contribution in [0.5, 0.6) is 0 Å².